The van der Waals surface area contributed by atoms with E-state index in [9.17, 15) is 4.79 Å². The van der Waals surface area contributed by atoms with Crippen LogP contribution >= 0.6 is 0 Å². The zero-order chi connectivity index (χ0) is 14.3. The van der Waals surface area contributed by atoms with Crippen LogP contribution < -0.4 is 5.32 Å². The molecule has 0 bridgehead atoms. The van der Waals surface area contributed by atoms with Gasteiger partial charge >= 0.3 is 6.09 Å². The molecular formula is C14H27N2O3. The van der Waals surface area contributed by atoms with Crippen LogP contribution in [0.1, 0.15) is 33.6 Å². The van der Waals surface area contributed by atoms with Gasteiger partial charge in [0.25, 0.3) is 0 Å². The second kappa shape index (κ2) is 7.70. The molecule has 0 spiro atoms. The summed E-state index contributed by atoms with van der Waals surface area (Å²) >= 11 is 0. The van der Waals surface area contributed by atoms with Gasteiger partial charge in [-0.05, 0) is 40.5 Å². The minimum atomic E-state index is -0.434. The summed E-state index contributed by atoms with van der Waals surface area (Å²) in [6.07, 6.45) is 1.61. The quantitative estimate of drug-likeness (QED) is 0.775. The van der Waals surface area contributed by atoms with Gasteiger partial charge < -0.3 is 19.7 Å². The van der Waals surface area contributed by atoms with Gasteiger partial charge in [-0.15, -0.1) is 0 Å². The minimum Gasteiger partial charge on any atom is -0.444 e. The molecule has 1 radical (unpaired) electrons. The number of carbonyl (C=O) groups is 1. The highest BCUT2D eigenvalue weighted by Crippen LogP contribution is 2.12. The summed E-state index contributed by atoms with van der Waals surface area (Å²) in [4.78, 5) is 14.0. The molecule has 0 aliphatic carbocycles. The first kappa shape index (κ1) is 16.2. The molecule has 1 aliphatic rings. The van der Waals surface area contributed by atoms with Crippen LogP contribution in [-0.4, -0.2) is 55.5 Å². The molecule has 1 rings (SSSR count). The summed E-state index contributed by atoms with van der Waals surface area (Å²) < 4.78 is 10.5. The molecule has 0 unspecified atom stereocenters. The van der Waals surface area contributed by atoms with Crippen molar-refractivity contribution < 1.29 is 14.3 Å². The van der Waals surface area contributed by atoms with Crippen LogP contribution in [-0.2, 0) is 9.47 Å². The highest BCUT2D eigenvalue weighted by atomic mass is 16.6. The Morgan fingerprint density at radius 3 is 2.53 bits per heavy atom. The lowest BCUT2D eigenvalue weighted by Crippen LogP contribution is -2.46. The molecule has 1 fully saturated rings. The zero-order valence-corrected chi connectivity index (χ0v) is 12.4. The third-order valence-corrected chi connectivity index (χ3v) is 3.00. The summed E-state index contributed by atoms with van der Waals surface area (Å²) in [6, 6.07) is 0.222. The smallest absolute Gasteiger partial charge is 0.407 e. The molecule has 1 heterocycles. The molecule has 0 aromatic heterocycles. The Hall–Kier alpha value is -0.810. The fraction of sp³-hybridized carbons (Fsp3) is 0.857. The van der Waals surface area contributed by atoms with Crippen molar-refractivity contribution in [2.75, 3.05) is 32.8 Å². The number of hydrogen-bond donors (Lipinski definition) is 1. The number of ether oxygens (including phenoxy) is 2. The topological polar surface area (TPSA) is 50.8 Å². The zero-order valence-electron chi connectivity index (χ0n) is 12.4. The number of carbonyl (C=O) groups excluding carboxylic acids is 1. The Morgan fingerprint density at radius 2 is 2.00 bits per heavy atom. The molecule has 1 aliphatic heterocycles. The van der Waals surface area contributed by atoms with Crippen molar-refractivity contribution in [3.63, 3.8) is 0 Å². The highest BCUT2D eigenvalue weighted by molar-refractivity contribution is 5.68. The van der Waals surface area contributed by atoms with Gasteiger partial charge in [0, 0.05) is 32.3 Å². The second-order valence-electron chi connectivity index (χ2n) is 5.87. The SMILES string of the molecule is [CH2]COCCN1CCC(NC(=O)OC(C)(C)C)CC1. The molecule has 19 heavy (non-hydrogen) atoms. The third kappa shape index (κ3) is 7.38. The summed E-state index contributed by atoms with van der Waals surface area (Å²) in [7, 11) is 0. The van der Waals surface area contributed by atoms with Crippen molar-refractivity contribution in [1.29, 1.82) is 0 Å². The maximum Gasteiger partial charge on any atom is 0.407 e. The van der Waals surface area contributed by atoms with Gasteiger partial charge in [0.05, 0.1) is 6.61 Å². The van der Waals surface area contributed by atoms with Crippen molar-refractivity contribution in [1.82, 2.24) is 10.2 Å². The molecular weight excluding hydrogens is 244 g/mol. The van der Waals surface area contributed by atoms with Gasteiger partial charge in [0.15, 0.2) is 0 Å². The van der Waals surface area contributed by atoms with Gasteiger partial charge in [-0.1, -0.05) is 0 Å². The Labute approximate surface area is 116 Å². The van der Waals surface area contributed by atoms with Crippen LogP contribution in [0.25, 0.3) is 0 Å². The predicted octanol–water partition coefficient (Wildman–Crippen LogP) is 1.83. The van der Waals surface area contributed by atoms with Gasteiger partial charge in [0.1, 0.15) is 5.60 Å². The largest absolute Gasteiger partial charge is 0.444 e. The molecule has 1 saturated heterocycles. The average molecular weight is 271 g/mol. The number of nitrogens with one attached hydrogen (secondary N) is 1. The van der Waals surface area contributed by atoms with E-state index in [-0.39, 0.29) is 12.1 Å². The van der Waals surface area contributed by atoms with E-state index in [1.54, 1.807) is 0 Å². The van der Waals surface area contributed by atoms with E-state index in [0.29, 0.717) is 6.61 Å². The van der Waals surface area contributed by atoms with Crippen LogP contribution in [0, 0.1) is 6.92 Å². The van der Waals surface area contributed by atoms with Crippen LogP contribution in [0.4, 0.5) is 4.79 Å². The molecule has 5 heteroatoms. The lowest BCUT2D eigenvalue weighted by molar-refractivity contribution is 0.0469. The Kier molecular flexibility index (Phi) is 6.58. The molecule has 0 aromatic rings. The normalized spacial score (nSPS) is 18.3. The Bertz CT molecular complexity index is 268. The molecule has 0 aromatic carbocycles. The van der Waals surface area contributed by atoms with Crippen molar-refractivity contribution >= 4 is 6.09 Å². The van der Waals surface area contributed by atoms with Gasteiger partial charge in [-0.2, -0.15) is 0 Å². The van der Waals surface area contributed by atoms with Crippen LogP contribution in [0.5, 0.6) is 0 Å². The molecule has 0 atom stereocenters. The fourth-order valence-electron chi connectivity index (χ4n) is 2.07. The van der Waals surface area contributed by atoms with E-state index < -0.39 is 5.60 Å². The minimum absolute atomic E-state index is 0.222. The van der Waals surface area contributed by atoms with Gasteiger partial charge in [-0.3, -0.25) is 0 Å². The molecule has 5 nitrogen and oxygen atoms in total. The molecule has 1 amide bonds. The summed E-state index contributed by atoms with van der Waals surface area (Å²) in [5.74, 6) is 0. The predicted molar refractivity (Wildman–Crippen MR) is 75.0 cm³/mol. The summed E-state index contributed by atoms with van der Waals surface area (Å²) in [5.41, 5.74) is -0.434. The number of piperidine rings is 1. The molecule has 111 valence electrons. The van der Waals surface area contributed by atoms with E-state index >= 15 is 0 Å². The summed E-state index contributed by atoms with van der Waals surface area (Å²) in [5, 5.41) is 2.93. The Balaban J connectivity index is 2.17. The van der Waals surface area contributed by atoms with Gasteiger partial charge in [-0.25, -0.2) is 4.79 Å². The number of amides is 1. The number of alkyl carbamates (subject to hydrolysis) is 1. The maximum absolute atomic E-state index is 11.6. The number of hydrogen-bond acceptors (Lipinski definition) is 4. The molecule has 1 N–H and O–H groups in total. The van der Waals surface area contributed by atoms with Crippen molar-refractivity contribution in [2.24, 2.45) is 0 Å². The van der Waals surface area contributed by atoms with E-state index in [1.807, 2.05) is 20.8 Å². The van der Waals surface area contributed by atoms with Crippen molar-refractivity contribution in [3.05, 3.63) is 6.92 Å². The van der Waals surface area contributed by atoms with Crippen molar-refractivity contribution in [2.45, 2.75) is 45.3 Å². The van der Waals surface area contributed by atoms with E-state index in [2.05, 4.69) is 17.1 Å². The monoisotopic (exact) mass is 271 g/mol. The van der Waals surface area contributed by atoms with Gasteiger partial charge in [0.2, 0.25) is 0 Å². The van der Waals surface area contributed by atoms with E-state index in [0.717, 1.165) is 39.1 Å². The first-order chi connectivity index (χ1) is 8.90. The fourth-order valence-corrected chi connectivity index (χ4v) is 2.07. The lowest BCUT2D eigenvalue weighted by atomic mass is 10.1. The second-order valence-corrected chi connectivity index (χ2v) is 5.87. The first-order valence-corrected chi connectivity index (χ1v) is 6.99. The standard InChI is InChI=1S/C14H27N2O3/c1-5-18-11-10-16-8-6-12(7-9-16)15-13(17)19-14(2,3)4/h12H,1,5-11H2,2-4H3,(H,15,17). The number of rotatable bonds is 5. The van der Waals surface area contributed by atoms with Crippen LogP contribution in [0.15, 0.2) is 0 Å². The average Bonchev–Trinajstić information content (AvgIpc) is 2.29. The third-order valence-electron chi connectivity index (χ3n) is 3.00. The number of nitrogens with zero attached hydrogens (tertiary/aromatic N) is 1. The van der Waals surface area contributed by atoms with E-state index in [1.165, 1.54) is 0 Å². The lowest BCUT2D eigenvalue weighted by Gasteiger charge is -2.32. The highest BCUT2D eigenvalue weighted by Gasteiger charge is 2.23. The molecule has 0 saturated carbocycles. The van der Waals surface area contributed by atoms with Crippen molar-refractivity contribution in [3.8, 4) is 0 Å². The summed E-state index contributed by atoms with van der Waals surface area (Å²) in [6.45, 7) is 13.4. The maximum atomic E-state index is 11.6. The Morgan fingerprint density at radius 1 is 1.37 bits per heavy atom. The number of likely N-dealkylation sites (tertiary alicyclic amines) is 1. The first-order valence-electron chi connectivity index (χ1n) is 6.99. The van der Waals surface area contributed by atoms with Crippen LogP contribution in [0.2, 0.25) is 0 Å². The van der Waals surface area contributed by atoms with E-state index in [4.69, 9.17) is 9.47 Å². The van der Waals surface area contributed by atoms with Crippen LogP contribution in [0.3, 0.4) is 0 Å².